The van der Waals surface area contributed by atoms with E-state index in [1.807, 2.05) is 18.2 Å². The van der Waals surface area contributed by atoms with Gasteiger partial charge >= 0.3 is 0 Å². The van der Waals surface area contributed by atoms with Gasteiger partial charge in [-0.05, 0) is 18.2 Å². The van der Waals surface area contributed by atoms with Crippen molar-refractivity contribution in [3.8, 4) is 5.75 Å². The van der Waals surface area contributed by atoms with Crippen LogP contribution in [0.5, 0.6) is 5.75 Å². The second-order valence-corrected chi connectivity index (χ2v) is 5.34. The van der Waals surface area contributed by atoms with Crippen molar-refractivity contribution in [1.29, 1.82) is 0 Å². The lowest BCUT2D eigenvalue weighted by molar-refractivity contribution is 0.253. The van der Waals surface area contributed by atoms with Crippen LogP contribution < -0.4 is 10.1 Å². The van der Waals surface area contributed by atoms with Crippen molar-refractivity contribution in [2.75, 3.05) is 13.2 Å². The maximum absolute atomic E-state index is 5.83. The minimum absolute atomic E-state index is 0.488. The maximum Gasteiger partial charge on any atom is 0.121 e. The van der Waals surface area contributed by atoms with E-state index in [0.29, 0.717) is 12.0 Å². The van der Waals surface area contributed by atoms with E-state index in [9.17, 15) is 0 Å². The van der Waals surface area contributed by atoms with Crippen molar-refractivity contribution in [3.63, 3.8) is 0 Å². The first-order valence-corrected chi connectivity index (χ1v) is 6.86. The van der Waals surface area contributed by atoms with E-state index in [1.54, 1.807) is 6.20 Å². The molecule has 2 aromatic rings. The third-order valence-electron chi connectivity index (χ3n) is 2.99. The van der Waals surface area contributed by atoms with Crippen LogP contribution in [0, 0.1) is 5.92 Å². The molecule has 1 aromatic heterocycles. The summed E-state index contributed by atoms with van der Waals surface area (Å²) in [5.41, 5.74) is 0.980. The van der Waals surface area contributed by atoms with E-state index in [4.69, 9.17) is 4.74 Å². The second kappa shape index (κ2) is 6.53. The van der Waals surface area contributed by atoms with Crippen LogP contribution in [-0.2, 0) is 0 Å². The summed E-state index contributed by atoms with van der Waals surface area (Å²) in [5.74, 6) is 1.38. The molecule has 2 rings (SSSR count). The summed E-state index contributed by atoms with van der Waals surface area (Å²) in [4.78, 5) is 4.34. The summed E-state index contributed by atoms with van der Waals surface area (Å²) in [6.07, 6.45) is 1.81. The molecule has 0 saturated heterocycles. The Balaban J connectivity index is 1.90. The summed E-state index contributed by atoms with van der Waals surface area (Å²) in [7, 11) is 0. The van der Waals surface area contributed by atoms with Gasteiger partial charge in [0.15, 0.2) is 0 Å². The third kappa shape index (κ3) is 4.21. The Morgan fingerprint density at radius 3 is 2.84 bits per heavy atom. The number of aromatic nitrogens is 1. The molecule has 0 aliphatic heterocycles. The van der Waals surface area contributed by atoms with Gasteiger partial charge in [-0.1, -0.05) is 26.8 Å². The molecule has 3 heteroatoms. The second-order valence-electron chi connectivity index (χ2n) is 5.34. The van der Waals surface area contributed by atoms with E-state index in [1.165, 1.54) is 0 Å². The molecule has 19 heavy (non-hydrogen) atoms. The average Bonchev–Trinajstić information content (AvgIpc) is 2.42. The average molecular weight is 258 g/mol. The molecule has 0 aliphatic carbocycles. The number of nitrogens with one attached hydrogen (secondary N) is 1. The first-order chi connectivity index (χ1) is 9.15. The molecule has 0 aliphatic rings. The summed E-state index contributed by atoms with van der Waals surface area (Å²) in [6, 6.07) is 10.6. The highest BCUT2D eigenvalue weighted by Gasteiger charge is 2.05. The SMILES string of the molecule is CC(CNC(C)C)COc1ccc2cccnc2c1. The Morgan fingerprint density at radius 1 is 1.21 bits per heavy atom. The molecule has 1 N–H and O–H groups in total. The van der Waals surface area contributed by atoms with Gasteiger partial charge in [-0.15, -0.1) is 0 Å². The monoisotopic (exact) mass is 258 g/mol. The van der Waals surface area contributed by atoms with Gasteiger partial charge in [0.25, 0.3) is 0 Å². The van der Waals surface area contributed by atoms with Crippen molar-refractivity contribution in [2.45, 2.75) is 26.8 Å². The first-order valence-electron chi connectivity index (χ1n) is 6.86. The Bertz CT molecular complexity index is 525. The van der Waals surface area contributed by atoms with Crippen LogP contribution in [0.1, 0.15) is 20.8 Å². The number of benzene rings is 1. The van der Waals surface area contributed by atoms with E-state index < -0.39 is 0 Å². The normalized spacial score (nSPS) is 12.8. The van der Waals surface area contributed by atoms with Crippen LogP contribution in [0.25, 0.3) is 10.9 Å². The topological polar surface area (TPSA) is 34.1 Å². The van der Waals surface area contributed by atoms with E-state index in [-0.39, 0.29) is 0 Å². The number of nitrogens with zero attached hydrogens (tertiary/aromatic N) is 1. The van der Waals surface area contributed by atoms with Gasteiger partial charge in [-0.3, -0.25) is 4.98 Å². The number of pyridine rings is 1. The molecule has 0 radical (unpaired) electrons. The minimum atomic E-state index is 0.488. The number of hydrogen-bond donors (Lipinski definition) is 1. The van der Waals surface area contributed by atoms with Crippen LogP contribution in [0.3, 0.4) is 0 Å². The molecule has 1 unspecified atom stereocenters. The van der Waals surface area contributed by atoms with Crippen LogP contribution in [0.15, 0.2) is 36.5 Å². The number of ether oxygens (including phenoxy) is 1. The van der Waals surface area contributed by atoms with Crippen molar-refractivity contribution in [3.05, 3.63) is 36.5 Å². The van der Waals surface area contributed by atoms with Gasteiger partial charge in [0.05, 0.1) is 12.1 Å². The highest BCUT2D eigenvalue weighted by Crippen LogP contribution is 2.19. The van der Waals surface area contributed by atoms with Gasteiger partial charge in [0.1, 0.15) is 5.75 Å². The van der Waals surface area contributed by atoms with Gasteiger partial charge < -0.3 is 10.1 Å². The van der Waals surface area contributed by atoms with Gasteiger partial charge in [0.2, 0.25) is 0 Å². The number of fused-ring (bicyclic) bond motifs is 1. The first kappa shape index (κ1) is 13.8. The molecule has 3 nitrogen and oxygen atoms in total. The third-order valence-corrected chi connectivity index (χ3v) is 2.99. The molecular formula is C16H22N2O. The zero-order valence-electron chi connectivity index (χ0n) is 11.9. The van der Waals surface area contributed by atoms with Gasteiger partial charge in [0, 0.05) is 36.2 Å². The Hall–Kier alpha value is -1.61. The van der Waals surface area contributed by atoms with Gasteiger partial charge in [-0.25, -0.2) is 0 Å². The van der Waals surface area contributed by atoms with Gasteiger partial charge in [-0.2, -0.15) is 0 Å². The lowest BCUT2D eigenvalue weighted by Gasteiger charge is -2.15. The summed E-state index contributed by atoms with van der Waals surface area (Å²) in [5, 5.41) is 4.56. The quantitative estimate of drug-likeness (QED) is 0.863. The Labute approximate surface area is 115 Å². The number of hydrogen-bond acceptors (Lipinski definition) is 3. The number of rotatable bonds is 6. The fraction of sp³-hybridized carbons (Fsp3) is 0.438. The lowest BCUT2D eigenvalue weighted by Crippen LogP contribution is -2.30. The largest absolute Gasteiger partial charge is 0.493 e. The Morgan fingerprint density at radius 2 is 2.05 bits per heavy atom. The predicted molar refractivity (Wildman–Crippen MR) is 79.5 cm³/mol. The summed E-state index contributed by atoms with van der Waals surface area (Å²) < 4.78 is 5.83. The molecule has 102 valence electrons. The van der Waals surface area contributed by atoms with Crippen LogP contribution in [0.4, 0.5) is 0 Å². The minimum Gasteiger partial charge on any atom is -0.493 e. The zero-order chi connectivity index (χ0) is 13.7. The lowest BCUT2D eigenvalue weighted by atomic mass is 10.2. The molecule has 0 amide bonds. The molecule has 0 saturated carbocycles. The molecule has 0 spiro atoms. The standard InChI is InChI=1S/C16H22N2O/c1-12(2)18-10-13(3)11-19-15-7-6-14-5-4-8-17-16(14)9-15/h4-9,12-13,18H,10-11H2,1-3H3. The molecule has 0 bridgehead atoms. The molecular weight excluding hydrogens is 236 g/mol. The van der Waals surface area contributed by atoms with E-state index in [2.05, 4.69) is 43.2 Å². The van der Waals surface area contributed by atoms with Crippen molar-refractivity contribution >= 4 is 10.9 Å². The molecule has 1 heterocycles. The highest BCUT2D eigenvalue weighted by atomic mass is 16.5. The van der Waals surface area contributed by atoms with Crippen molar-refractivity contribution in [1.82, 2.24) is 10.3 Å². The van der Waals surface area contributed by atoms with E-state index >= 15 is 0 Å². The highest BCUT2D eigenvalue weighted by molar-refractivity contribution is 5.79. The smallest absolute Gasteiger partial charge is 0.121 e. The fourth-order valence-electron chi connectivity index (χ4n) is 1.87. The molecule has 1 atom stereocenters. The van der Waals surface area contributed by atoms with Crippen molar-refractivity contribution in [2.24, 2.45) is 5.92 Å². The predicted octanol–water partition coefficient (Wildman–Crippen LogP) is 3.25. The van der Waals surface area contributed by atoms with Crippen LogP contribution in [-0.4, -0.2) is 24.2 Å². The fourth-order valence-corrected chi connectivity index (χ4v) is 1.87. The maximum atomic E-state index is 5.83. The van der Waals surface area contributed by atoms with Crippen LogP contribution >= 0.6 is 0 Å². The zero-order valence-corrected chi connectivity index (χ0v) is 11.9. The van der Waals surface area contributed by atoms with Crippen molar-refractivity contribution < 1.29 is 4.74 Å². The molecule has 1 aromatic carbocycles. The molecule has 0 fully saturated rings. The van der Waals surface area contributed by atoms with E-state index in [0.717, 1.165) is 29.8 Å². The summed E-state index contributed by atoms with van der Waals surface area (Å²) in [6.45, 7) is 8.20. The Kier molecular flexibility index (Phi) is 4.74. The summed E-state index contributed by atoms with van der Waals surface area (Å²) >= 11 is 0. The van der Waals surface area contributed by atoms with Crippen LogP contribution in [0.2, 0.25) is 0 Å².